The number of hydrogen-bond donors (Lipinski definition) is 0. The molecule has 0 atom stereocenters. The lowest BCUT2D eigenvalue weighted by Gasteiger charge is -2.36. The van der Waals surface area contributed by atoms with Crippen molar-refractivity contribution in [2.45, 2.75) is 13.3 Å². The molecule has 6 nitrogen and oxygen atoms in total. The number of hydrogen-bond acceptors (Lipinski definition) is 6. The molecule has 1 fully saturated rings. The van der Waals surface area contributed by atoms with Crippen molar-refractivity contribution in [2.24, 2.45) is 0 Å². The molecule has 1 saturated heterocycles. The fourth-order valence-electron chi connectivity index (χ4n) is 3.04. The number of piperazine rings is 1. The predicted octanol–water partition coefficient (Wildman–Crippen LogP) is 2.96. The minimum absolute atomic E-state index is 0.504. The maximum absolute atomic E-state index is 6.12. The fraction of sp³-hybridized carbons (Fsp3) is 0.333. The first-order valence-electron chi connectivity index (χ1n) is 8.48. The molecule has 0 spiro atoms. The van der Waals surface area contributed by atoms with E-state index in [1.807, 2.05) is 43.5 Å². The molecule has 4 rings (SSSR count). The molecule has 3 aromatic rings. The van der Waals surface area contributed by atoms with Crippen LogP contribution in [0.5, 0.6) is 0 Å². The fourth-order valence-corrected chi connectivity index (χ4v) is 3.23. The van der Waals surface area contributed by atoms with Gasteiger partial charge in [0.2, 0.25) is 0 Å². The van der Waals surface area contributed by atoms with Gasteiger partial charge in [-0.05, 0) is 12.1 Å². The van der Waals surface area contributed by atoms with Crippen molar-refractivity contribution in [3.63, 3.8) is 0 Å². The van der Waals surface area contributed by atoms with Crippen molar-refractivity contribution >= 4 is 34.3 Å². The average molecular weight is 355 g/mol. The Balaban J connectivity index is 1.50. The SMILES string of the molecule is CCc1nc(Cl)cc(N2CCN(c3cnc4ccccc4n3)CC2)n1. The van der Waals surface area contributed by atoms with Crippen molar-refractivity contribution < 1.29 is 0 Å². The van der Waals surface area contributed by atoms with Crippen LogP contribution in [0.25, 0.3) is 11.0 Å². The first-order valence-corrected chi connectivity index (χ1v) is 8.86. The summed E-state index contributed by atoms with van der Waals surface area (Å²) < 4.78 is 0. The van der Waals surface area contributed by atoms with Crippen molar-refractivity contribution in [3.8, 4) is 0 Å². The molecule has 25 heavy (non-hydrogen) atoms. The lowest BCUT2D eigenvalue weighted by molar-refractivity contribution is 0.639. The molecule has 0 saturated carbocycles. The second kappa shape index (κ2) is 6.80. The van der Waals surface area contributed by atoms with Crippen LogP contribution in [0.4, 0.5) is 11.6 Å². The van der Waals surface area contributed by atoms with Crippen molar-refractivity contribution in [2.75, 3.05) is 36.0 Å². The van der Waals surface area contributed by atoms with E-state index in [0.29, 0.717) is 5.15 Å². The summed E-state index contributed by atoms with van der Waals surface area (Å²) in [7, 11) is 0. The number of aryl methyl sites for hydroxylation is 1. The first-order chi connectivity index (χ1) is 12.2. The van der Waals surface area contributed by atoms with Crippen LogP contribution >= 0.6 is 11.6 Å². The quantitative estimate of drug-likeness (QED) is 0.674. The second-order valence-corrected chi connectivity index (χ2v) is 6.40. The Morgan fingerprint density at radius 1 is 0.920 bits per heavy atom. The molecule has 3 heterocycles. The first kappa shape index (κ1) is 16.0. The van der Waals surface area contributed by atoms with Gasteiger partial charge in [-0.3, -0.25) is 4.98 Å². The van der Waals surface area contributed by atoms with Gasteiger partial charge in [-0.1, -0.05) is 30.7 Å². The second-order valence-electron chi connectivity index (χ2n) is 6.01. The maximum Gasteiger partial charge on any atom is 0.147 e. The van der Waals surface area contributed by atoms with E-state index in [4.69, 9.17) is 16.6 Å². The highest BCUT2D eigenvalue weighted by molar-refractivity contribution is 6.29. The van der Waals surface area contributed by atoms with Gasteiger partial charge in [-0.2, -0.15) is 0 Å². The lowest BCUT2D eigenvalue weighted by atomic mass is 10.3. The zero-order valence-corrected chi connectivity index (χ0v) is 14.8. The van der Waals surface area contributed by atoms with Gasteiger partial charge < -0.3 is 9.80 Å². The van der Waals surface area contributed by atoms with Gasteiger partial charge in [0.05, 0.1) is 17.2 Å². The molecule has 0 unspecified atom stereocenters. The van der Waals surface area contributed by atoms with Crippen LogP contribution in [0.2, 0.25) is 5.15 Å². The summed E-state index contributed by atoms with van der Waals surface area (Å²) in [5.74, 6) is 2.61. The number of benzene rings is 1. The number of halogens is 1. The normalized spacial score (nSPS) is 15.0. The molecule has 128 valence electrons. The van der Waals surface area contributed by atoms with Gasteiger partial charge in [0.1, 0.15) is 22.6 Å². The maximum atomic E-state index is 6.12. The Morgan fingerprint density at radius 3 is 2.32 bits per heavy atom. The minimum Gasteiger partial charge on any atom is -0.353 e. The average Bonchev–Trinajstić information content (AvgIpc) is 2.67. The number of rotatable bonds is 3. The molecule has 0 radical (unpaired) electrons. The predicted molar refractivity (Wildman–Crippen MR) is 100 cm³/mol. The smallest absolute Gasteiger partial charge is 0.147 e. The van der Waals surface area contributed by atoms with Gasteiger partial charge >= 0.3 is 0 Å². The number of para-hydroxylation sites is 2. The standard InChI is InChI=1S/C18H19ClN6/c1-2-16-22-15(19)11-17(23-16)24-7-9-25(10-8-24)18-12-20-13-5-3-4-6-14(13)21-18/h3-6,11-12H,2,7-10H2,1H3. The largest absolute Gasteiger partial charge is 0.353 e. The Bertz CT molecular complexity index is 892. The summed E-state index contributed by atoms with van der Waals surface area (Å²) in [4.78, 5) is 22.6. The lowest BCUT2D eigenvalue weighted by Crippen LogP contribution is -2.47. The van der Waals surface area contributed by atoms with Gasteiger partial charge in [-0.25, -0.2) is 15.0 Å². The Hall–Kier alpha value is -2.47. The molecule has 0 bridgehead atoms. The highest BCUT2D eigenvalue weighted by Gasteiger charge is 2.20. The Morgan fingerprint density at radius 2 is 1.60 bits per heavy atom. The zero-order valence-electron chi connectivity index (χ0n) is 14.1. The zero-order chi connectivity index (χ0) is 17.2. The molecular weight excluding hydrogens is 336 g/mol. The molecule has 2 aromatic heterocycles. The molecule has 1 aliphatic rings. The Kier molecular flexibility index (Phi) is 4.36. The monoisotopic (exact) mass is 354 g/mol. The van der Waals surface area contributed by atoms with Crippen LogP contribution in [-0.4, -0.2) is 46.1 Å². The highest BCUT2D eigenvalue weighted by Crippen LogP contribution is 2.21. The highest BCUT2D eigenvalue weighted by atomic mass is 35.5. The summed E-state index contributed by atoms with van der Waals surface area (Å²) in [6.07, 6.45) is 2.63. The van der Waals surface area contributed by atoms with Gasteiger partial charge in [0.15, 0.2) is 0 Å². The van der Waals surface area contributed by atoms with E-state index in [-0.39, 0.29) is 0 Å². The number of fused-ring (bicyclic) bond motifs is 1. The van der Waals surface area contributed by atoms with Crippen LogP contribution < -0.4 is 9.80 Å². The van der Waals surface area contributed by atoms with E-state index < -0.39 is 0 Å². The van der Waals surface area contributed by atoms with Crippen LogP contribution in [0.1, 0.15) is 12.7 Å². The van der Waals surface area contributed by atoms with Crippen molar-refractivity contribution in [1.82, 2.24) is 19.9 Å². The summed E-state index contributed by atoms with van der Waals surface area (Å²) >= 11 is 6.12. The Labute approximate surface area is 151 Å². The van der Waals surface area contributed by atoms with Crippen LogP contribution in [0.3, 0.4) is 0 Å². The molecule has 0 aliphatic carbocycles. The van der Waals surface area contributed by atoms with Crippen LogP contribution in [0.15, 0.2) is 36.5 Å². The number of anilines is 2. The third kappa shape index (κ3) is 3.35. The molecule has 7 heteroatoms. The molecule has 1 aromatic carbocycles. The van der Waals surface area contributed by atoms with Crippen LogP contribution in [0, 0.1) is 0 Å². The summed E-state index contributed by atoms with van der Waals surface area (Å²) in [6.45, 7) is 5.51. The van der Waals surface area contributed by atoms with Gasteiger partial charge in [0, 0.05) is 38.7 Å². The van der Waals surface area contributed by atoms with E-state index in [2.05, 4.69) is 24.8 Å². The van der Waals surface area contributed by atoms with E-state index >= 15 is 0 Å². The van der Waals surface area contributed by atoms with Crippen molar-refractivity contribution in [1.29, 1.82) is 0 Å². The summed E-state index contributed by atoms with van der Waals surface area (Å²) in [6, 6.07) is 9.79. The molecule has 1 aliphatic heterocycles. The third-order valence-corrected chi connectivity index (χ3v) is 4.60. The summed E-state index contributed by atoms with van der Waals surface area (Å²) in [5, 5.41) is 0.504. The van der Waals surface area contributed by atoms with Crippen LogP contribution in [-0.2, 0) is 6.42 Å². The minimum atomic E-state index is 0.504. The summed E-state index contributed by atoms with van der Waals surface area (Å²) in [5.41, 5.74) is 1.85. The molecule has 0 N–H and O–H groups in total. The van der Waals surface area contributed by atoms with E-state index in [1.165, 1.54) is 0 Å². The van der Waals surface area contributed by atoms with Gasteiger partial charge in [0.25, 0.3) is 0 Å². The van der Waals surface area contributed by atoms with Gasteiger partial charge in [-0.15, -0.1) is 0 Å². The van der Waals surface area contributed by atoms with E-state index in [9.17, 15) is 0 Å². The third-order valence-electron chi connectivity index (χ3n) is 4.41. The topological polar surface area (TPSA) is 58.0 Å². The van der Waals surface area contributed by atoms with E-state index in [0.717, 1.165) is 61.1 Å². The molecular formula is C18H19ClN6. The number of aromatic nitrogens is 4. The molecule has 0 amide bonds. The number of nitrogens with zero attached hydrogens (tertiary/aromatic N) is 6. The van der Waals surface area contributed by atoms with E-state index in [1.54, 1.807) is 0 Å². The van der Waals surface area contributed by atoms with Crippen molar-refractivity contribution in [3.05, 3.63) is 47.5 Å².